The van der Waals surface area contributed by atoms with Crippen molar-refractivity contribution in [2.75, 3.05) is 0 Å². The van der Waals surface area contributed by atoms with Crippen LogP contribution in [0.25, 0.3) is 0 Å². The molecule has 0 aliphatic heterocycles. The minimum atomic E-state index is -4.00. The van der Waals surface area contributed by atoms with Gasteiger partial charge in [-0.15, -0.1) is 3.75 Å². The Morgan fingerprint density at radius 3 is 1.71 bits per heavy atom. The van der Waals surface area contributed by atoms with Gasteiger partial charge in [0.05, 0.1) is 0 Å². The van der Waals surface area contributed by atoms with Crippen molar-refractivity contribution >= 4 is 26.5 Å². The molecule has 0 radical (unpaired) electrons. The Morgan fingerprint density at radius 1 is 1.57 bits per heavy atom. The molecule has 0 saturated heterocycles. The first-order valence-electron chi connectivity index (χ1n) is 0.909. The van der Waals surface area contributed by atoms with E-state index in [2.05, 4.69) is 16.1 Å². The van der Waals surface area contributed by atoms with Crippen molar-refractivity contribution in [1.29, 1.82) is 0 Å². The van der Waals surface area contributed by atoms with Crippen LogP contribution in [-0.4, -0.2) is 18.4 Å². The summed E-state index contributed by atoms with van der Waals surface area (Å²) in [5.74, 6) is 0. The zero-order valence-corrected chi connectivity index (χ0v) is 5.45. The van der Waals surface area contributed by atoms with E-state index in [0.29, 0.717) is 0 Å². The highest BCUT2D eigenvalue weighted by molar-refractivity contribution is 9.09. The fraction of sp³-hybridized carbons (Fsp3) is 0. The van der Waals surface area contributed by atoms with Gasteiger partial charge in [0.25, 0.3) is 0 Å². The second-order valence-corrected chi connectivity index (χ2v) is 2.63. The van der Waals surface area contributed by atoms with E-state index >= 15 is 0 Å². The molecule has 0 rings (SSSR count). The molecule has 0 aliphatic carbocycles. The van der Waals surface area contributed by atoms with Crippen LogP contribution >= 0.6 is 16.1 Å². The van der Waals surface area contributed by atoms with E-state index in [0.717, 1.165) is 0 Å². The minimum Gasteiger partial charge on any atom is -0.412 e. The Hall–Kier alpha value is 0.310. The number of hydrogen-bond acceptors (Lipinski definition) is 2. The predicted octanol–water partition coefficient (Wildman–Crippen LogP) is -1.14. The SMILES string of the molecule is O.O=S(=O)(O)NBr. The molecule has 0 amide bonds. The van der Waals surface area contributed by atoms with E-state index in [-0.39, 0.29) is 5.48 Å². The Kier molecular flexibility index (Phi) is 4.91. The van der Waals surface area contributed by atoms with Crippen LogP contribution in [0.15, 0.2) is 0 Å². The summed E-state index contributed by atoms with van der Waals surface area (Å²) in [6.07, 6.45) is 0. The van der Waals surface area contributed by atoms with Crippen molar-refractivity contribution in [3.8, 4) is 0 Å². The Morgan fingerprint density at radius 2 is 1.71 bits per heavy atom. The molecule has 0 spiro atoms. The van der Waals surface area contributed by atoms with Gasteiger partial charge in [0, 0.05) is 16.1 Å². The summed E-state index contributed by atoms with van der Waals surface area (Å²) < 4.78 is 27.9. The first-order chi connectivity index (χ1) is 2.56. The molecule has 7 heteroatoms. The molecule has 5 nitrogen and oxygen atoms in total. The van der Waals surface area contributed by atoms with Gasteiger partial charge in [-0.25, -0.2) is 0 Å². The van der Waals surface area contributed by atoms with E-state index in [1.54, 1.807) is 0 Å². The van der Waals surface area contributed by atoms with Gasteiger partial charge in [0.15, 0.2) is 0 Å². The third kappa shape index (κ3) is 10.7. The minimum absolute atomic E-state index is 0. The van der Waals surface area contributed by atoms with Crippen LogP contribution in [0.5, 0.6) is 0 Å². The van der Waals surface area contributed by atoms with Crippen LogP contribution in [0.2, 0.25) is 0 Å². The molecule has 0 aromatic heterocycles. The monoisotopic (exact) mass is 193 g/mol. The average Bonchev–Trinajstić information content (AvgIpc) is 1.35. The normalized spacial score (nSPS) is 10.0. The van der Waals surface area contributed by atoms with Crippen molar-refractivity contribution in [2.24, 2.45) is 0 Å². The third-order valence-electron chi connectivity index (χ3n) is 0.0975. The highest BCUT2D eigenvalue weighted by Crippen LogP contribution is 1.74. The summed E-state index contributed by atoms with van der Waals surface area (Å²) in [5, 5.41) is 0. The van der Waals surface area contributed by atoms with Crippen LogP contribution in [0.1, 0.15) is 0 Å². The Labute approximate surface area is 49.2 Å². The van der Waals surface area contributed by atoms with Crippen LogP contribution in [0.4, 0.5) is 0 Å². The first-order valence-corrected chi connectivity index (χ1v) is 3.14. The molecule has 46 valence electrons. The molecule has 0 fully saturated rings. The number of hydrogen-bond donors (Lipinski definition) is 2. The molecule has 4 N–H and O–H groups in total. The first kappa shape index (κ1) is 10.3. The lowest BCUT2D eigenvalue weighted by atomic mass is 13.9. The summed E-state index contributed by atoms with van der Waals surface area (Å²) in [4.78, 5) is 0. The zero-order valence-electron chi connectivity index (χ0n) is 3.05. The second-order valence-electron chi connectivity index (χ2n) is 0.552. The van der Waals surface area contributed by atoms with Crippen molar-refractivity contribution in [3.05, 3.63) is 0 Å². The van der Waals surface area contributed by atoms with Crippen LogP contribution in [0, 0.1) is 0 Å². The van der Waals surface area contributed by atoms with Gasteiger partial charge in [-0.1, -0.05) is 0 Å². The third-order valence-corrected chi connectivity index (χ3v) is 1.52. The zero-order chi connectivity index (χ0) is 5.21. The molecule has 0 aromatic rings. The van der Waals surface area contributed by atoms with E-state index in [1.807, 2.05) is 0 Å². The summed E-state index contributed by atoms with van der Waals surface area (Å²) in [5.41, 5.74) is 0. The fourth-order valence-corrected chi connectivity index (χ4v) is 0. The lowest BCUT2D eigenvalue weighted by molar-refractivity contribution is 0.481. The smallest absolute Gasteiger partial charge is 0.343 e. The van der Waals surface area contributed by atoms with Gasteiger partial charge >= 0.3 is 10.3 Å². The van der Waals surface area contributed by atoms with Gasteiger partial charge in [-0.2, -0.15) is 8.42 Å². The van der Waals surface area contributed by atoms with Crippen LogP contribution < -0.4 is 3.75 Å². The van der Waals surface area contributed by atoms with Crippen molar-refractivity contribution < 1.29 is 18.4 Å². The molecule has 0 heterocycles. The molecule has 0 bridgehead atoms. The molecule has 0 unspecified atom stereocenters. The largest absolute Gasteiger partial charge is 0.412 e. The summed E-state index contributed by atoms with van der Waals surface area (Å²) in [7, 11) is -4.00. The predicted molar refractivity (Wildman–Crippen MR) is 27.2 cm³/mol. The second kappa shape index (κ2) is 3.33. The van der Waals surface area contributed by atoms with Crippen LogP contribution in [-0.2, 0) is 10.3 Å². The summed E-state index contributed by atoms with van der Waals surface area (Å²) >= 11 is 2.28. The van der Waals surface area contributed by atoms with Crippen molar-refractivity contribution in [2.45, 2.75) is 0 Å². The average molecular weight is 194 g/mol. The molecule has 0 aliphatic rings. The number of nitrogens with one attached hydrogen (secondary N) is 1. The molecular weight excluding hydrogens is 190 g/mol. The van der Waals surface area contributed by atoms with E-state index in [4.69, 9.17) is 4.55 Å². The van der Waals surface area contributed by atoms with Gasteiger partial charge in [0.2, 0.25) is 0 Å². The maximum Gasteiger partial charge on any atom is 0.343 e. The highest BCUT2D eigenvalue weighted by atomic mass is 79.9. The quantitative estimate of drug-likeness (QED) is 0.407. The lowest BCUT2D eigenvalue weighted by Gasteiger charge is -1.81. The maximum absolute atomic E-state index is 9.40. The van der Waals surface area contributed by atoms with Gasteiger partial charge in [-0.05, 0) is 0 Å². The Bertz CT molecular complexity index is 114. The van der Waals surface area contributed by atoms with Crippen LogP contribution in [0.3, 0.4) is 0 Å². The summed E-state index contributed by atoms with van der Waals surface area (Å²) in [6.45, 7) is 0. The summed E-state index contributed by atoms with van der Waals surface area (Å²) in [6, 6.07) is 0. The van der Waals surface area contributed by atoms with Gasteiger partial charge < -0.3 is 5.48 Å². The molecular formula is H4BrNO4S. The van der Waals surface area contributed by atoms with E-state index < -0.39 is 10.3 Å². The highest BCUT2D eigenvalue weighted by Gasteiger charge is 1.93. The molecule has 0 atom stereocenters. The van der Waals surface area contributed by atoms with E-state index in [9.17, 15) is 8.42 Å². The number of halogens is 1. The molecule has 0 aromatic carbocycles. The Balaban J connectivity index is 0. The standard InChI is InChI=1S/BrH2NO3S.H2O/c1-2-6(3,4)5;/h2H,(H,3,4,5);1H2. The molecule has 0 saturated carbocycles. The van der Waals surface area contributed by atoms with Gasteiger partial charge in [0.1, 0.15) is 0 Å². The van der Waals surface area contributed by atoms with E-state index in [1.165, 1.54) is 3.75 Å². The lowest BCUT2D eigenvalue weighted by Crippen LogP contribution is -2.09. The van der Waals surface area contributed by atoms with Gasteiger partial charge in [-0.3, -0.25) is 4.55 Å². The van der Waals surface area contributed by atoms with Crippen molar-refractivity contribution in [1.82, 2.24) is 3.75 Å². The fourth-order valence-electron chi connectivity index (χ4n) is 0. The maximum atomic E-state index is 9.40. The number of rotatable bonds is 1. The van der Waals surface area contributed by atoms with Crippen molar-refractivity contribution in [3.63, 3.8) is 0 Å². The molecule has 7 heavy (non-hydrogen) atoms. The topological polar surface area (TPSA) is 97.9 Å².